The molecule has 0 bridgehead atoms. The zero-order valence-corrected chi connectivity index (χ0v) is 17.6. The minimum absolute atomic E-state index is 0.151. The second-order valence-electron chi connectivity index (χ2n) is 7.28. The Morgan fingerprint density at radius 2 is 1.81 bits per heavy atom. The van der Waals surface area contributed by atoms with E-state index in [1.54, 1.807) is 30.3 Å². The summed E-state index contributed by atoms with van der Waals surface area (Å²) in [6.45, 7) is 0.739. The average molecular weight is 442 g/mol. The Balaban J connectivity index is 1.41. The Labute approximate surface area is 179 Å². The normalized spacial score (nSPS) is 15.0. The van der Waals surface area contributed by atoms with E-state index in [0.717, 1.165) is 24.6 Å². The number of hydrogen-bond donors (Lipinski definition) is 1. The fourth-order valence-electron chi connectivity index (χ4n) is 3.47. The van der Waals surface area contributed by atoms with E-state index in [4.69, 9.17) is 9.15 Å². The minimum atomic E-state index is -3.59. The summed E-state index contributed by atoms with van der Waals surface area (Å²) in [5.74, 6) is -0.0689. The zero-order chi connectivity index (χ0) is 21.8. The summed E-state index contributed by atoms with van der Waals surface area (Å²) in [6, 6.07) is 14.1. The summed E-state index contributed by atoms with van der Waals surface area (Å²) in [4.78, 5) is 23.8. The van der Waals surface area contributed by atoms with E-state index < -0.39 is 21.6 Å². The van der Waals surface area contributed by atoms with Crippen LogP contribution in [0.15, 0.2) is 68.7 Å². The quantitative estimate of drug-likeness (QED) is 0.589. The summed E-state index contributed by atoms with van der Waals surface area (Å²) in [5, 5.41) is 3.39. The number of fused-ring (bicyclic) bond motifs is 1. The molecule has 1 amide bonds. The third-order valence-electron chi connectivity index (χ3n) is 5.04. The van der Waals surface area contributed by atoms with E-state index in [0.29, 0.717) is 30.1 Å². The molecular formula is C22H22N2O6S. The number of hydrogen-bond acceptors (Lipinski definition) is 6. The van der Waals surface area contributed by atoms with Crippen molar-refractivity contribution in [2.75, 3.05) is 25.0 Å². The average Bonchev–Trinajstić information content (AvgIpc) is 2.78. The molecule has 9 heteroatoms. The monoisotopic (exact) mass is 442 g/mol. The molecule has 0 unspecified atom stereocenters. The van der Waals surface area contributed by atoms with E-state index in [1.807, 2.05) is 0 Å². The van der Waals surface area contributed by atoms with Crippen LogP contribution < -0.4 is 15.7 Å². The van der Waals surface area contributed by atoms with Crippen molar-refractivity contribution < 1.29 is 22.4 Å². The smallest absolute Gasteiger partial charge is 0.336 e. The SMILES string of the molecule is O=C(COc1ccc2ccc(=O)oc2c1)Nc1cccc(S(=O)(=O)N2CCCCC2)c1. The van der Waals surface area contributed by atoms with Crippen LogP contribution in [0.5, 0.6) is 5.75 Å². The number of benzene rings is 2. The first kappa shape index (κ1) is 21.1. The number of piperidine rings is 1. The predicted molar refractivity (Wildman–Crippen MR) is 116 cm³/mol. The summed E-state index contributed by atoms with van der Waals surface area (Å²) < 4.78 is 37.7. The summed E-state index contributed by atoms with van der Waals surface area (Å²) in [5.41, 5.74) is 0.263. The van der Waals surface area contributed by atoms with Crippen molar-refractivity contribution in [3.05, 3.63) is 65.0 Å². The Bertz CT molecular complexity index is 1260. The number of sulfonamides is 1. The van der Waals surface area contributed by atoms with E-state index in [1.165, 1.54) is 28.6 Å². The van der Waals surface area contributed by atoms with Gasteiger partial charge in [-0.25, -0.2) is 13.2 Å². The maximum absolute atomic E-state index is 12.8. The maximum Gasteiger partial charge on any atom is 0.336 e. The lowest BCUT2D eigenvalue weighted by atomic mass is 10.2. The lowest BCUT2D eigenvalue weighted by molar-refractivity contribution is -0.118. The van der Waals surface area contributed by atoms with Crippen molar-refractivity contribution in [2.24, 2.45) is 0 Å². The number of nitrogens with one attached hydrogen (secondary N) is 1. The Kier molecular flexibility index (Phi) is 6.06. The van der Waals surface area contributed by atoms with Crippen LogP contribution in [0.2, 0.25) is 0 Å². The molecule has 3 aromatic rings. The molecule has 0 aliphatic carbocycles. The van der Waals surface area contributed by atoms with E-state index in [2.05, 4.69) is 5.32 Å². The molecule has 0 saturated carbocycles. The molecule has 0 radical (unpaired) electrons. The van der Waals surface area contributed by atoms with Crippen molar-refractivity contribution >= 4 is 32.6 Å². The van der Waals surface area contributed by atoms with Crippen LogP contribution >= 0.6 is 0 Å². The molecule has 0 spiro atoms. The van der Waals surface area contributed by atoms with E-state index in [-0.39, 0.29) is 11.5 Å². The van der Waals surface area contributed by atoms with Crippen LogP contribution in [0.3, 0.4) is 0 Å². The summed E-state index contributed by atoms with van der Waals surface area (Å²) in [6.07, 6.45) is 2.74. The zero-order valence-electron chi connectivity index (χ0n) is 16.7. The summed E-state index contributed by atoms with van der Waals surface area (Å²) >= 11 is 0. The molecule has 31 heavy (non-hydrogen) atoms. The lowest BCUT2D eigenvalue weighted by Crippen LogP contribution is -2.35. The van der Waals surface area contributed by atoms with Crippen molar-refractivity contribution in [3.8, 4) is 5.75 Å². The molecule has 0 atom stereocenters. The van der Waals surface area contributed by atoms with Gasteiger partial charge in [-0.1, -0.05) is 12.5 Å². The van der Waals surface area contributed by atoms with Crippen LogP contribution in [0.25, 0.3) is 11.0 Å². The third kappa shape index (κ3) is 4.95. The number of ether oxygens (including phenoxy) is 1. The third-order valence-corrected chi connectivity index (χ3v) is 6.93. The molecule has 162 valence electrons. The number of carbonyl (C=O) groups excluding carboxylic acids is 1. The molecular weight excluding hydrogens is 420 g/mol. The van der Waals surface area contributed by atoms with Gasteiger partial charge < -0.3 is 14.5 Å². The molecule has 2 heterocycles. The van der Waals surface area contributed by atoms with Crippen molar-refractivity contribution in [1.82, 2.24) is 4.31 Å². The number of carbonyl (C=O) groups is 1. The van der Waals surface area contributed by atoms with Crippen LogP contribution in [0.1, 0.15) is 19.3 Å². The van der Waals surface area contributed by atoms with Gasteiger partial charge in [0.25, 0.3) is 5.91 Å². The maximum atomic E-state index is 12.8. The first-order valence-electron chi connectivity index (χ1n) is 9.99. The van der Waals surface area contributed by atoms with Crippen molar-refractivity contribution in [1.29, 1.82) is 0 Å². The largest absolute Gasteiger partial charge is 0.484 e. The van der Waals surface area contributed by atoms with Gasteiger partial charge in [-0.05, 0) is 49.2 Å². The fraction of sp³-hybridized carbons (Fsp3) is 0.273. The fourth-order valence-corrected chi connectivity index (χ4v) is 5.03. The highest BCUT2D eigenvalue weighted by Gasteiger charge is 2.26. The Morgan fingerprint density at radius 1 is 1.03 bits per heavy atom. The molecule has 1 aliphatic heterocycles. The van der Waals surface area contributed by atoms with E-state index >= 15 is 0 Å². The van der Waals surface area contributed by atoms with Gasteiger partial charge in [0.2, 0.25) is 10.0 Å². The van der Waals surface area contributed by atoms with E-state index in [9.17, 15) is 18.0 Å². The molecule has 1 saturated heterocycles. The molecule has 1 aliphatic rings. The molecule has 1 fully saturated rings. The van der Waals surface area contributed by atoms with Crippen LogP contribution in [-0.4, -0.2) is 38.3 Å². The first-order valence-corrected chi connectivity index (χ1v) is 11.4. The number of anilines is 1. The molecule has 1 N–H and O–H groups in total. The number of amides is 1. The van der Waals surface area contributed by atoms with Crippen molar-refractivity contribution in [2.45, 2.75) is 24.2 Å². The highest BCUT2D eigenvalue weighted by atomic mass is 32.2. The van der Waals surface area contributed by atoms with Gasteiger partial charge in [0, 0.05) is 36.3 Å². The highest BCUT2D eigenvalue weighted by molar-refractivity contribution is 7.89. The van der Waals surface area contributed by atoms with Gasteiger partial charge >= 0.3 is 5.63 Å². The highest BCUT2D eigenvalue weighted by Crippen LogP contribution is 2.23. The lowest BCUT2D eigenvalue weighted by Gasteiger charge is -2.26. The van der Waals surface area contributed by atoms with Gasteiger partial charge in [-0.15, -0.1) is 0 Å². The second-order valence-corrected chi connectivity index (χ2v) is 9.22. The topological polar surface area (TPSA) is 106 Å². The molecule has 4 rings (SSSR count). The van der Waals surface area contributed by atoms with Crippen molar-refractivity contribution in [3.63, 3.8) is 0 Å². The molecule has 1 aromatic heterocycles. The summed E-state index contributed by atoms with van der Waals surface area (Å²) in [7, 11) is -3.59. The van der Waals surface area contributed by atoms with Gasteiger partial charge in [-0.3, -0.25) is 4.79 Å². The van der Waals surface area contributed by atoms with Crippen LogP contribution in [-0.2, 0) is 14.8 Å². The van der Waals surface area contributed by atoms with Gasteiger partial charge in [-0.2, -0.15) is 4.31 Å². The van der Waals surface area contributed by atoms with Gasteiger partial charge in [0.15, 0.2) is 6.61 Å². The molecule has 8 nitrogen and oxygen atoms in total. The first-order chi connectivity index (χ1) is 14.9. The molecule has 2 aromatic carbocycles. The predicted octanol–water partition coefficient (Wildman–Crippen LogP) is 2.99. The van der Waals surface area contributed by atoms with Gasteiger partial charge in [0.1, 0.15) is 11.3 Å². The second kappa shape index (κ2) is 8.91. The minimum Gasteiger partial charge on any atom is -0.484 e. The number of nitrogens with zero attached hydrogens (tertiary/aromatic N) is 1. The van der Waals surface area contributed by atoms with Gasteiger partial charge in [0.05, 0.1) is 4.90 Å². The van der Waals surface area contributed by atoms with Crippen LogP contribution in [0, 0.1) is 0 Å². The number of rotatable bonds is 6. The Morgan fingerprint density at radius 3 is 2.61 bits per heavy atom. The Hall–Kier alpha value is -3.17. The standard InChI is InChI=1S/C22H22N2O6S/c25-21(15-29-18-9-7-16-8-10-22(26)30-20(16)14-18)23-17-5-4-6-19(13-17)31(27,28)24-11-2-1-3-12-24/h4-10,13-14H,1-3,11-12,15H2,(H,23,25). The van der Waals surface area contributed by atoms with Crippen LogP contribution in [0.4, 0.5) is 5.69 Å².